The lowest BCUT2D eigenvalue weighted by Gasteiger charge is -2.22. The van der Waals surface area contributed by atoms with Gasteiger partial charge in [0.25, 0.3) is 0 Å². The first kappa shape index (κ1) is 16.3. The van der Waals surface area contributed by atoms with E-state index < -0.39 is 6.09 Å². The van der Waals surface area contributed by atoms with E-state index in [0.717, 1.165) is 11.3 Å². The number of carbonyl (C=O) groups is 3. The molecule has 0 bridgehead atoms. The first-order valence-corrected chi connectivity index (χ1v) is 8.04. The normalized spacial score (nSPS) is 19.8. The maximum atomic E-state index is 12.2. The summed E-state index contributed by atoms with van der Waals surface area (Å²) in [5.41, 5.74) is 2.54. The zero-order valence-corrected chi connectivity index (χ0v) is 14.0. The topological polar surface area (TPSA) is 79.0 Å². The molecule has 2 aliphatic heterocycles. The van der Waals surface area contributed by atoms with Gasteiger partial charge in [-0.05, 0) is 37.6 Å². The Labute approximate surface area is 140 Å². The largest absolute Gasteiger partial charge is 0.442 e. The second-order valence-corrected chi connectivity index (χ2v) is 6.40. The Hall–Kier alpha value is -2.57. The molecule has 0 aromatic heterocycles. The van der Waals surface area contributed by atoms with E-state index in [4.69, 9.17) is 4.74 Å². The molecule has 3 rings (SSSR count). The highest BCUT2D eigenvalue weighted by molar-refractivity contribution is 6.02. The summed E-state index contributed by atoms with van der Waals surface area (Å²) in [4.78, 5) is 38.5. The van der Waals surface area contributed by atoms with Crippen LogP contribution in [0.1, 0.15) is 26.3 Å². The predicted molar refractivity (Wildman–Crippen MR) is 89.1 cm³/mol. The minimum absolute atomic E-state index is 0.0738. The van der Waals surface area contributed by atoms with Crippen molar-refractivity contribution >= 4 is 29.3 Å². The van der Waals surface area contributed by atoms with Gasteiger partial charge in [0.1, 0.15) is 6.10 Å². The van der Waals surface area contributed by atoms with Crippen LogP contribution in [0, 0.1) is 0 Å². The summed E-state index contributed by atoms with van der Waals surface area (Å²) in [7, 11) is 0. The fraction of sp³-hybridized carbons (Fsp3) is 0.471. The first-order valence-electron chi connectivity index (χ1n) is 8.04. The van der Waals surface area contributed by atoms with E-state index in [9.17, 15) is 14.4 Å². The molecular weight excluding hydrogens is 310 g/mol. The Morgan fingerprint density at radius 3 is 2.79 bits per heavy atom. The molecule has 7 heteroatoms. The van der Waals surface area contributed by atoms with Crippen molar-refractivity contribution in [3.63, 3.8) is 0 Å². The number of nitrogens with zero attached hydrogens (tertiary/aromatic N) is 2. The average Bonchev–Trinajstić information content (AvgIpc) is 3.03. The van der Waals surface area contributed by atoms with Gasteiger partial charge in [0, 0.05) is 24.3 Å². The van der Waals surface area contributed by atoms with Crippen LogP contribution in [0.4, 0.5) is 16.2 Å². The quantitative estimate of drug-likeness (QED) is 0.905. The summed E-state index contributed by atoms with van der Waals surface area (Å²) >= 11 is 0. The summed E-state index contributed by atoms with van der Waals surface area (Å²) in [5.74, 6) is -0.0843. The molecule has 0 aliphatic carbocycles. The molecule has 0 radical (unpaired) electrons. The van der Waals surface area contributed by atoms with Gasteiger partial charge in [-0.2, -0.15) is 0 Å². The molecular formula is C17H21N3O4. The molecule has 7 nitrogen and oxygen atoms in total. The van der Waals surface area contributed by atoms with Gasteiger partial charge in [-0.1, -0.05) is 0 Å². The van der Waals surface area contributed by atoms with Crippen molar-refractivity contribution in [3.05, 3.63) is 23.8 Å². The van der Waals surface area contributed by atoms with Crippen LogP contribution in [0.25, 0.3) is 0 Å². The second-order valence-electron chi connectivity index (χ2n) is 6.40. The monoisotopic (exact) mass is 331 g/mol. The molecule has 1 saturated heterocycles. The number of carbonyl (C=O) groups excluding carboxylic acids is 3. The van der Waals surface area contributed by atoms with Crippen LogP contribution in [0.3, 0.4) is 0 Å². The van der Waals surface area contributed by atoms with Crippen LogP contribution >= 0.6 is 0 Å². The third-order valence-corrected chi connectivity index (χ3v) is 4.21. The van der Waals surface area contributed by atoms with Gasteiger partial charge in [-0.15, -0.1) is 0 Å². The molecule has 2 aliphatic rings. The fourth-order valence-electron chi connectivity index (χ4n) is 3.16. The van der Waals surface area contributed by atoms with Gasteiger partial charge in [0.05, 0.1) is 19.5 Å². The van der Waals surface area contributed by atoms with Gasteiger partial charge in [-0.25, -0.2) is 4.79 Å². The maximum absolute atomic E-state index is 12.2. The number of hydrogen-bond acceptors (Lipinski definition) is 4. The Morgan fingerprint density at radius 2 is 2.12 bits per heavy atom. The van der Waals surface area contributed by atoms with Gasteiger partial charge in [0.2, 0.25) is 11.8 Å². The zero-order valence-electron chi connectivity index (χ0n) is 14.0. The lowest BCUT2D eigenvalue weighted by molar-refractivity contribution is -0.119. The molecule has 3 amide bonds. The third kappa shape index (κ3) is 2.93. The van der Waals surface area contributed by atoms with Gasteiger partial charge < -0.3 is 15.0 Å². The Kier molecular flexibility index (Phi) is 4.17. The number of benzene rings is 1. The highest BCUT2D eigenvalue weighted by Crippen LogP contribution is 2.34. The molecule has 0 spiro atoms. The van der Waals surface area contributed by atoms with Crippen LogP contribution in [0.2, 0.25) is 0 Å². The van der Waals surface area contributed by atoms with Crippen LogP contribution in [-0.2, 0) is 20.7 Å². The van der Waals surface area contributed by atoms with E-state index in [-0.39, 0.29) is 24.0 Å². The van der Waals surface area contributed by atoms with Gasteiger partial charge in [0.15, 0.2) is 0 Å². The van der Waals surface area contributed by atoms with Crippen molar-refractivity contribution in [2.45, 2.75) is 39.3 Å². The van der Waals surface area contributed by atoms with E-state index in [1.807, 2.05) is 32.0 Å². The second kappa shape index (κ2) is 6.14. The molecule has 128 valence electrons. The molecule has 1 aromatic rings. The summed E-state index contributed by atoms with van der Waals surface area (Å²) in [6.07, 6.45) is -0.460. The zero-order chi connectivity index (χ0) is 17.4. The Balaban J connectivity index is 1.77. The van der Waals surface area contributed by atoms with Crippen molar-refractivity contribution in [1.82, 2.24) is 5.32 Å². The van der Waals surface area contributed by atoms with E-state index in [1.165, 1.54) is 11.8 Å². The molecule has 0 saturated carbocycles. The lowest BCUT2D eigenvalue weighted by atomic mass is 10.1. The van der Waals surface area contributed by atoms with E-state index in [0.29, 0.717) is 25.2 Å². The maximum Gasteiger partial charge on any atom is 0.414 e. The van der Waals surface area contributed by atoms with Crippen molar-refractivity contribution in [2.75, 3.05) is 22.9 Å². The molecule has 2 heterocycles. The van der Waals surface area contributed by atoms with E-state index in [2.05, 4.69) is 5.32 Å². The van der Waals surface area contributed by atoms with Crippen LogP contribution < -0.4 is 15.1 Å². The number of fused-ring (bicyclic) bond motifs is 1. The fourth-order valence-corrected chi connectivity index (χ4v) is 3.16. The average molecular weight is 331 g/mol. The molecule has 24 heavy (non-hydrogen) atoms. The molecule has 1 atom stereocenters. The number of anilines is 2. The number of ether oxygens (including phenoxy) is 1. The minimum Gasteiger partial charge on any atom is -0.442 e. The van der Waals surface area contributed by atoms with Crippen molar-refractivity contribution < 1.29 is 19.1 Å². The lowest BCUT2D eigenvalue weighted by Crippen LogP contribution is -2.33. The summed E-state index contributed by atoms with van der Waals surface area (Å²) in [5, 5.41) is 2.65. The molecule has 1 unspecified atom stereocenters. The first-order chi connectivity index (χ1) is 11.4. The van der Waals surface area contributed by atoms with E-state index >= 15 is 0 Å². The van der Waals surface area contributed by atoms with Crippen molar-refractivity contribution in [3.8, 4) is 0 Å². The highest BCUT2D eigenvalue weighted by atomic mass is 16.6. The third-order valence-electron chi connectivity index (χ3n) is 4.21. The standard InChI is InChI=1S/C17H21N3O4/c1-10(2)20-15-5-4-13(6-12(15)7-16(20)22)19-9-14(24-17(19)23)8-18-11(3)21/h4-6,10,14H,7-9H2,1-3H3,(H,18,21). The smallest absolute Gasteiger partial charge is 0.414 e. The summed E-state index contributed by atoms with van der Waals surface area (Å²) < 4.78 is 5.27. The Bertz CT molecular complexity index is 701. The SMILES string of the molecule is CC(=O)NCC1CN(c2ccc3c(c2)CC(=O)N3C(C)C)C(=O)O1. The van der Waals surface area contributed by atoms with E-state index in [1.54, 1.807) is 4.90 Å². The van der Waals surface area contributed by atoms with Crippen LogP contribution in [0.15, 0.2) is 18.2 Å². The molecule has 1 aromatic carbocycles. The summed E-state index contributed by atoms with van der Waals surface area (Å²) in [6.45, 7) is 6.05. The number of amides is 3. The van der Waals surface area contributed by atoms with Crippen molar-refractivity contribution in [1.29, 1.82) is 0 Å². The number of rotatable bonds is 4. The minimum atomic E-state index is -0.435. The number of hydrogen-bond donors (Lipinski definition) is 1. The predicted octanol–water partition coefficient (Wildman–Crippen LogP) is 1.45. The number of cyclic esters (lactones) is 1. The van der Waals surface area contributed by atoms with Crippen LogP contribution in [-0.4, -0.2) is 43.1 Å². The van der Waals surface area contributed by atoms with Gasteiger partial charge >= 0.3 is 6.09 Å². The Morgan fingerprint density at radius 1 is 1.38 bits per heavy atom. The summed E-state index contributed by atoms with van der Waals surface area (Å²) in [6, 6.07) is 5.68. The van der Waals surface area contributed by atoms with Crippen LogP contribution in [0.5, 0.6) is 0 Å². The van der Waals surface area contributed by atoms with Crippen molar-refractivity contribution in [2.24, 2.45) is 0 Å². The molecule has 1 N–H and O–H groups in total. The highest BCUT2D eigenvalue weighted by Gasteiger charge is 2.34. The van der Waals surface area contributed by atoms with Gasteiger partial charge in [-0.3, -0.25) is 14.5 Å². The molecule has 1 fully saturated rings. The number of nitrogens with one attached hydrogen (secondary N) is 1.